The maximum Gasteiger partial charge on any atom is 0.255 e. The minimum Gasteiger partial charge on any atom is -0.394 e. The highest BCUT2D eigenvalue weighted by Crippen LogP contribution is 2.55. The molecule has 0 radical (unpaired) electrons. The Bertz CT molecular complexity index is 1310. The van der Waals surface area contributed by atoms with Crippen LogP contribution in [-0.2, 0) is 19.0 Å². The van der Waals surface area contributed by atoms with Gasteiger partial charge >= 0.3 is 0 Å². The number of aromatic nitrogens is 1. The molecule has 0 saturated carbocycles. The van der Waals surface area contributed by atoms with E-state index in [9.17, 15) is 9.90 Å². The first kappa shape index (κ1) is 17.5. The summed E-state index contributed by atoms with van der Waals surface area (Å²) in [5.74, 6) is -0.00733. The number of carbonyl (C=O) groups excluding carboxylic acids is 1. The van der Waals surface area contributed by atoms with Crippen molar-refractivity contribution in [3.8, 4) is 0 Å². The van der Waals surface area contributed by atoms with Crippen LogP contribution in [0.5, 0.6) is 0 Å². The number of benzene rings is 3. The van der Waals surface area contributed by atoms with Gasteiger partial charge in [0, 0.05) is 41.2 Å². The molecule has 1 amide bonds. The summed E-state index contributed by atoms with van der Waals surface area (Å²) in [4.78, 5) is 15.7. The average molecular weight is 394 g/mol. The minimum atomic E-state index is -0.628. The maximum atomic E-state index is 13.7. The third-order valence-corrected chi connectivity index (χ3v) is 7.00. The van der Waals surface area contributed by atoms with Crippen LogP contribution in [0.4, 0.5) is 0 Å². The van der Waals surface area contributed by atoms with Gasteiger partial charge in [0.25, 0.3) is 5.91 Å². The van der Waals surface area contributed by atoms with Crippen LogP contribution in [-0.4, -0.2) is 27.1 Å². The lowest BCUT2D eigenvalue weighted by molar-refractivity contribution is 0.0278. The zero-order valence-corrected chi connectivity index (χ0v) is 16.7. The molecule has 0 fully saturated rings. The van der Waals surface area contributed by atoms with Gasteiger partial charge in [0.1, 0.15) is 5.54 Å². The SMILES string of the molecule is Cn1c2c(c3ccccc31)[C@@H](CO)N1C(=O)c3ccccc3[C@]1(c1ccccc1)C2. The third kappa shape index (κ3) is 1.97. The Morgan fingerprint density at radius 2 is 1.67 bits per heavy atom. The largest absolute Gasteiger partial charge is 0.394 e. The quantitative estimate of drug-likeness (QED) is 0.555. The molecule has 2 atom stereocenters. The highest BCUT2D eigenvalue weighted by molar-refractivity contribution is 6.02. The highest BCUT2D eigenvalue weighted by atomic mass is 16.3. The Labute approximate surface area is 175 Å². The second kappa shape index (κ2) is 6.07. The van der Waals surface area contributed by atoms with Gasteiger partial charge in [0.15, 0.2) is 0 Å². The first-order valence-electron chi connectivity index (χ1n) is 10.3. The fourth-order valence-corrected chi connectivity index (χ4v) is 5.77. The Hall–Kier alpha value is -3.37. The summed E-state index contributed by atoms with van der Waals surface area (Å²) in [6.45, 7) is -0.116. The minimum absolute atomic E-state index is 0.00733. The Balaban J connectivity index is 1.74. The van der Waals surface area contributed by atoms with Gasteiger partial charge in [-0.15, -0.1) is 0 Å². The van der Waals surface area contributed by atoms with E-state index in [-0.39, 0.29) is 12.5 Å². The van der Waals surface area contributed by atoms with Crippen molar-refractivity contribution in [3.05, 3.63) is 107 Å². The van der Waals surface area contributed by atoms with Crippen molar-refractivity contribution < 1.29 is 9.90 Å². The lowest BCUT2D eigenvalue weighted by atomic mass is 9.74. The van der Waals surface area contributed by atoms with Crippen LogP contribution in [0.15, 0.2) is 78.9 Å². The van der Waals surface area contributed by atoms with Crippen molar-refractivity contribution in [2.45, 2.75) is 18.0 Å². The maximum absolute atomic E-state index is 13.7. The van der Waals surface area contributed by atoms with E-state index in [4.69, 9.17) is 0 Å². The van der Waals surface area contributed by atoms with Crippen molar-refractivity contribution in [1.82, 2.24) is 9.47 Å². The standard InChI is InChI=1S/C26H22N2O2/c1-27-21-14-8-6-12-19(21)24-22(27)15-26(17-9-3-2-4-10-17)20-13-7-5-11-18(20)25(30)28(26)23(24)16-29/h2-14,23,29H,15-16H2,1H3/t23-,26-/m1/s1. The van der Waals surface area contributed by atoms with Crippen LogP contribution in [0.25, 0.3) is 10.9 Å². The summed E-state index contributed by atoms with van der Waals surface area (Å²) >= 11 is 0. The second-order valence-electron chi connectivity index (χ2n) is 8.26. The molecule has 148 valence electrons. The molecule has 1 N–H and O–H groups in total. The number of aliphatic hydroxyl groups excluding tert-OH is 1. The molecule has 0 spiro atoms. The van der Waals surface area contributed by atoms with Crippen molar-refractivity contribution in [2.24, 2.45) is 7.05 Å². The zero-order chi connectivity index (χ0) is 20.5. The molecule has 2 aliphatic rings. The van der Waals surface area contributed by atoms with E-state index in [2.05, 4.69) is 41.9 Å². The predicted octanol–water partition coefficient (Wildman–Crippen LogP) is 4.17. The lowest BCUT2D eigenvalue weighted by Gasteiger charge is -2.47. The number of hydrogen-bond donors (Lipinski definition) is 1. The summed E-state index contributed by atoms with van der Waals surface area (Å²) in [5, 5.41) is 11.7. The Morgan fingerprint density at radius 3 is 2.47 bits per heavy atom. The smallest absolute Gasteiger partial charge is 0.255 e. The Kier molecular flexibility index (Phi) is 3.54. The first-order chi connectivity index (χ1) is 14.7. The van der Waals surface area contributed by atoms with E-state index in [1.54, 1.807) is 0 Å². The molecule has 2 aliphatic heterocycles. The zero-order valence-electron chi connectivity index (χ0n) is 16.7. The van der Waals surface area contributed by atoms with Crippen LogP contribution in [0, 0.1) is 0 Å². The second-order valence-corrected chi connectivity index (χ2v) is 8.26. The van der Waals surface area contributed by atoms with E-state index < -0.39 is 11.6 Å². The van der Waals surface area contributed by atoms with Crippen LogP contribution in [0.1, 0.15) is 38.8 Å². The van der Waals surface area contributed by atoms with E-state index in [0.29, 0.717) is 6.42 Å². The predicted molar refractivity (Wildman–Crippen MR) is 116 cm³/mol. The van der Waals surface area contributed by atoms with Gasteiger partial charge in [0.2, 0.25) is 0 Å². The summed E-state index contributed by atoms with van der Waals surface area (Å²) in [5.41, 5.74) is 5.59. The number of aliphatic hydroxyl groups is 1. The van der Waals surface area contributed by atoms with Gasteiger partial charge in [-0.2, -0.15) is 0 Å². The monoisotopic (exact) mass is 394 g/mol. The normalized spacial score (nSPS) is 22.1. The fraction of sp³-hybridized carbons (Fsp3) is 0.192. The number of amides is 1. The van der Waals surface area contributed by atoms with Crippen molar-refractivity contribution in [2.75, 3.05) is 6.61 Å². The number of hydrogen-bond acceptors (Lipinski definition) is 2. The van der Waals surface area contributed by atoms with E-state index >= 15 is 0 Å². The van der Waals surface area contributed by atoms with Gasteiger partial charge < -0.3 is 14.6 Å². The van der Waals surface area contributed by atoms with Crippen molar-refractivity contribution in [3.63, 3.8) is 0 Å². The summed E-state index contributed by atoms with van der Waals surface area (Å²) in [6.07, 6.45) is 0.677. The number of aryl methyl sites for hydroxylation is 1. The molecule has 0 aliphatic carbocycles. The van der Waals surface area contributed by atoms with Crippen LogP contribution in [0.3, 0.4) is 0 Å². The molecule has 4 nitrogen and oxygen atoms in total. The van der Waals surface area contributed by atoms with Crippen molar-refractivity contribution in [1.29, 1.82) is 0 Å². The van der Waals surface area contributed by atoms with Gasteiger partial charge in [-0.3, -0.25) is 4.79 Å². The fourth-order valence-electron chi connectivity index (χ4n) is 5.77. The number of fused-ring (bicyclic) bond motifs is 6. The molecule has 30 heavy (non-hydrogen) atoms. The third-order valence-electron chi connectivity index (χ3n) is 7.00. The highest BCUT2D eigenvalue weighted by Gasteiger charge is 2.57. The average Bonchev–Trinajstić information content (AvgIpc) is 3.24. The Morgan fingerprint density at radius 1 is 0.967 bits per heavy atom. The van der Waals surface area contributed by atoms with Crippen LogP contribution >= 0.6 is 0 Å². The molecule has 1 aromatic heterocycles. The van der Waals surface area contributed by atoms with E-state index in [1.807, 2.05) is 53.4 Å². The summed E-state index contributed by atoms with van der Waals surface area (Å²) < 4.78 is 2.24. The number of carbonyl (C=O) groups is 1. The molecule has 0 bridgehead atoms. The number of rotatable bonds is 2. The topological polar surface area (TPSA) is 45.5 Å². The summed E-state index contributed by atoms with van der Waals surface area (Å²) in [7, 11) is 2.09. The molecule has 0 saturated heterocycles. The van der Waals surface area contributed by atoms with E-state index in [1.165, 1.54) is 5.69 Å². The molecule has 3 aromatic carbocycles. The molecule has 0 unspecified atom stereocenters. The molecule has 3 heterocycles. The van der Waals surface area contributed by atoms with Crippen LogP contribution in [0.2, 0.25) is 0 Å². The van der Waals surface area contributed by atoms with E-state index in [0.717, 1.165) is 33.2 Å². The van der Waals surface area contributed by atoms with Crippen molar-refractivity contribution >= 4 is 16.8 Å². The summed E-state index contributed by atoms with van der Waals surface area (Å²) in [6, 6.07) is 26.0. The molecular formula is C26H22N2O2. The van der Waals surface area contributed by atoms with Gasteiger partial charge in [-0.1, -0.05) is 66.7 Å². The molecule has 6 rings (SSSR count). The molecule has 4 heteroatoms. The van der Waals surface area contributed by atoms with Gasteiger partial charge in [-0.05, 0) is 23.3 Å². The van der Waals surface area contributed by atoms with Gasteiger partial charge in [-0.25, -0.2) is 0 Å². The number of para-hydroxylation sites is 1. The van der Waals surface area contributed by atoms with Crippen LogP contribution < -0.4 is 0 Å². The lowest BCUT2D eigenvalue weighted by Crippen LogP contribution is -2.52. The molecule has 4 aromatic rings. The number of nitrogens with zero attached hydrogens (tertiary/aromatic N) is 2. The first-order valence-corrected chi connectivity index (χ1v) is 10.3. The molecular weight excluding hydrogens is 372 g/mol. The van der Waals surface area contributed by atoms with Gasteiger partial charge in [0.05, 0.1) is 12.6 Å².